The topological polar surface area (TPSA) is 55.8 Å². The molecule has 1 N–H and O–H groups in total. The van der Waals surface area contributed by atoms with Crippen molar-refractivity contribution in [2.45, 2.75) is 97.7 Å². The molecule has 1 aromatic rings. The largest absolute Gasteiger partial charge is 0.465 e. The fourth-order valence-electron chi connectivity index (χ4n) is 3.38. The van der Waals surface area contributed by atoms with Crippen LogP contribution >= 0.6 is 0 Å². The second kappa shape index (κ2) is 14.4. The molecule has 0 saturated carbocycles. The average molecular weight is 407 g/mol. The molecular weight excluding hydrogens is 364 g/mol. The van der Waals surface area contributed by atoms with Gasteiger partial charge >= 0.3 is 5.97 Å². The molecule has 0 fully saturated rings. The quantitative estimate of drug-likeness (QED) is 0.193. The molecule has 4 nitrogen and oxygen atoms in total. The number of rotatable bonds is 16. The number of carbonyl (C=O) groups is 1. The van der Waals surface area contributed by atoms with Gasteiger partial charge in [0.25, 0.3) is 0 Å². The standard InChI is InChI=1S/C25H42O4/c1-5-6-7-8-9-10-11-15-18-23(24(26)28-20-19-21(2)3)25(4,27)29-22-16-13-12-14-17-22/h12-14,16-17,21,23,27H,5-11,15,18-20H2,1-4H3. The van der Waals surface area contributed by atoms with Crippen molar-refractivity contribution >= 4 is 5.97 Å². The fraction of sp³-hybridized carbons (Fsp3) is 0.720. The minimum Gasteiger partial charge on any atom is -0.465 e. The number of esters is 1. The van der Waals surface area contributed by atoms with E-state index >= 15 is 0 Å². The zero-order chi connectivity index (χ0) is 21.5. The Balaban J connectivity index is 2.59. The molecule has 29 heavy (non-hydrogen) atoms. The van der Waals surface area contributed by atoms with Crippen molar-refractivity contribution in [3.8, 4) is 5.75 Å². The van der Waals surface area contributed by atoms with E-state index in [1.165, 1.54) is 38.5 Å². The van der Waals surface area contributed by atoms with Gasteiger partial charge < -0.3 is 14.6 Å². The molecule has 2 unspecified atom stereocenters. The zero-order valence-corrected chi connectivity index (χ0v) is 19.0. The molecule has 0 heterocycles. The van der Waals surface area contributed by atoms with Gasteiger partial charge in [-0.1, -0.05) is 90.3 Å². The van der Waals surface area contributed by atoms with Crippen LogP contribution < -0.4 is 4.74 Å². The third kappa shape index (κ3) is 11.3. The minimum atomic E-state index is -1.60. The molecule has 166 valence electrons. The minimum absolute atomic E-state index is 0.366. The summed E-state index contributed by atoms with van der Waals surface area (Å²) in [6.07, 6.45) is 10.9. The van der Waals surface area contributed by atoms with E-state index in [0.717, 1.165) is 19.3 Å². The van der Waals surface area contributed by atoms with Gasteiger partial charge in [-0.2, -0.15) is 0 Å². The molecule has 0 aliphatic rings. The van der Waals surface area contributed by atoms with Gasteiger partial charge in [0.2, 0.25) is 5.79 Å². The van der Waals surface area contributed by atoms with Gasteiger partial charge in [-0.05, 0) is 30.9 Å². The Morgan fingerprint density at radius 1 is 0.966 bits per heavy atom. The number of carbonyl (C=O) groups excluding carboxylic acids is 1. The van der Waals surface area contributed by atoms with Crippen molar-refractivity contribution in [2.75, 3.05) is 6.61 Å². The highest BCUT2D eigenvalue weighted by atomic mass is 16.6. The molecule has 4 heteroatoms. The zero-order valence-electron chi connectivity index (χ0n) is 19.0. The summed E-state index contributed by atoms with van der Waals surface area (Å²) < 4.78 is 11.3. The molecule has 0 spiro atoms. The van der Waals surface area contributed by atoms with E-state index in [1.807, 2.05) is 18.2 Å². The molecule has 1 aromatic carbocycles. The molecule has 0 aliphatic heterocycles. The first-order valence-electron chi connectivity index (χ1n) is 11.5. The summed E-state index contributed by atoms with van der Waals surface area (Å²) >= 11 is 0. The van der Waals surface area contributed by atoms with Crippen LogP contribution in [-0.4, -0.2) is 23.5 Å². The fourth-order valence-corrected chi connectivity index (χ4v) is 3.38. The Kier molecular flexibility index (Phi) is 12.7. The molecule has 0 aliphatic carbocycles. The SMILES string of the molecule is CCCCCCCCCCC(C(=O)OCCC(C)C)C(C)(O)Oc1ccccc1. The third-order valence-corrected chi connectivity index (χ3v) is 5.28. The van der Waals surface area contributed by atoms with Crippen molar-refractivity contribution in [2.24, 2.45) is 11.8 Å². The first-order valence-corrected chi connectivity index (χ1v) is 11.5. The van der Waals surface area contributed by atoms with Gasteiger partial charge in [-0.3, -0.25) is 4.79 Å². The number of benzene rings is 1. The van der Waals surface area contributed by atoms with Crippen LogP contribution in [0.5, 0.6) is 5.75 Å². The van der Waals surface area contributed by atoms with Gasteiger partial charge in [-0.25, -0.2) is 0 Å². The van der Waals surface area contributed by atoms with Gasteiger partial charge in [0.15, 0.2) is 0 Å². The van der Waals surface area contributed by atoms with Crippen LogP contribution in [0.4, 0.5) is 0 Å². The van der Waals surface area contributed by atoms with Crippen LogP contribution in [0.25, 0.3) is 0 Å². The number of hydrogen-bond acceptors (Lipinski definition) is 4. The first kappa shape index (κ1) is 25.5. The van der Waals surface area contributed by atoms with Crippen molar-refractivity contribution < 1.29 is 19.4 Å². The molecule has 0 amide bonds. The number of unbranched alkanes of at least 4 members (excludes halogenated alkanes) is 7. The van der Waals surface area contributed by atoms with E-state index in [9.17, 15) is 9.90 Å². The maximum atomic E-state index is 12.7. The molecule has 0 bridgehead atoms. The molecule has 0 radical (unpaired) electrons. The van der Waals surface area contributed by atoms with Crippen LogP contribution in [0.1, 0.15) is 91.9 Å². The highest BCUT2D eigenvalue weighted by molar-refractivity contribution is 5.73. The molecule has 0 aromatic heterocycles. The average Bonchev–Trinajstić information content (AvgIpc) is 2.66. The number of aliphatic hydroxyl groups is 1. The predicted octanol–water partition coefficient (Wildman–Crippen LogP) is 6.51. The van der Waals surface area contributed by atoms with E-state index in [-0.39, 0.29) is 5.97 Å². The highest BCUT2D eigenvalue weighted by Crippen LogP contribution is 2.28. The lowest BCUT2D eigenvalue weighted by atomic mass is 9.92. The van der Waals surface area contributed by atoms with E-state index in [1.54, 1.807) is 19.1 Å². The Morgan fingerprint density at radius 3 is 2.14 bits per heavy atom. The Bertz CT molecular complexity index is 539. The Labute approximate surface area is 178 Å². The van der Waals surface area contributed by atoms with E-state index in [2.05, 4.69) is 20.8 Å². The lowest BCUT2D eigenvalue weighted by Gasteiger charge is -2.32. The first-order chi connectivity index (χ1) is 13.9. The summed E-state index contributed by atoms with van der Waals surface area (Å²) in [6, 6.07) is 9.15. The summed E-state index contributed by atoms with van der Waals surface area (Å²) in [6.45, 7) is 8.37. The van der Waals surface area contributed by atoms with Crippen molar-refractivity contribution in [1.29, 1.82) is 0 Å². The van der Waals surface area contributed by atoms with E-state index in [4.69, 9.17) is 9.47 Å². The van der Waals surface area contributed by atoms with E-state index in [0.29, 0.717) is 24.7 Å². The summed E-state index contributed by atoms with van der Waals surface area (Å²) in [7, 11) is 0. The summed E-state index contributed by atoms with van der Waals surface area (Å²) in [5.74, 6) is -1.65. The Morgan fingerprint density at radius 2 is 1.55 bits per heavy atom. The molecular formula is C25H42O4. The maximum absolute atomic E-state index is 12.7. The number of hydrogen-bond donors (Lipinski definition) is 1. The van der Waals surface area contributed by atoms with Crippen LogP contribution in [0.15, 0.2) is 30.3 Å². The normalized spacial score (nSPS) is 14.4. The van der Waals surface area contributed by atoms with Crippen LogP contribution in [0, 0.1) is 11.8 Å². The van der Waals surface area contributed by atoms with Crippen LogP contribution in [0.3, 0.4) is 0 Å². The number of ether oxygens (including phenoxy) is 2. The summed E-state index contributed by atoms with van der Waals surface area (Å²) in [5.41, 5.74) is 0. The van der Waals surface area contributed by atoms with Crippen molar-refractivity contribution in [3.05, 3.63) is 30.3 Å². The highest BCUT2D eigenvalue weighted by Gasteiger charge is 2.40. The van der Waals surface area contributed by atoms with Crippen LogP contribution in [0.2, 0.25) is 0 Å². The smallest absolute Gasteiger partial charge is 0.315 e. The number of para-hydroxylation sites is 1. The summed E-state index contributed by atoms with van der Waals surface area (Å²) in [4.78, 5) is 12.7. The van der Waals surface area contributed by atoms with Crippen LogP contribution in [-0.2, 0) is 9.53 Å². The van der Waals surface area contributed by atoms with Gasteiger partial charge in [0.1, 0.15) is 11.7 Å². The monoisotopic (exact) mass is 406 g/mol. The molecule has 1 rings (SSSR count). The second-order valence-corrected chi connectivity index (χ2v) is 8.64. The van der Waals surface area contributed by atoms with Crippen molar-refractivity contribution in [3.63, 3.8) is 0 Å². The van der Waals surface area contributed by atoms with E-state index < -0.39 is 11.7 Å². The van der Waals surface area contributed by atoms with Crippen molar-refractivity contribution in [1.82, 2.24) is 0 Å². The predicted molar refractivity (Wildman–Crippen MR) is 119 cm³/mol. The second-order valence-electron chi connectivity index (χ2n) is 8.64. The lowest BCUT2D eigenvalue weighted by Crippen LogP contribution is -2.45. The molecule has 2 atom stereocenters. The lowest BCUT2D eigenvalue weighted by molar-refractivity contribution is -0.192. The molecule has 0 saturated heterocycles. The van der Waals surface area contributed by atoms with Gasteiger partial charge in [-0.15, -0.1) is 0 Å². The maximum Gasteiger partial charge on any atom is 0.315 e. The third-order valence-electron chi connectivity index (χ3n) is 5.28. The van der Waals surface area contributed by atoms with Gasteiger partial charge in [0, 0.05) is 6.92 Å². The Hall–Kier alpha value is -1.55. The summed E-state index contributed by atoms with van der Waals surface area (Å²) in [5, 5.41) is 11.0. The van der Waals surface area contributed by atoms with Gasteiger partial charge in [0.05, 0.1) is 6.61 Å².